The summed E-state index contributed by atoms with van der Waals surface area (Å²) >= 11 is 5.71. The van der Waals surface area contributed by atoms with Gasteiger partial charge in [0.25, 0.3) is 0 Å². The van der Waals surface area contributed by atoms with Crippen molar-refractivity contribution in [2.75, 3.05) is 5.32 Å². The highest BCUT2D eigenvalue weighted by atomic mass is 35.5. The fourth-order valence-electron chi connectivity index (χ4n) is 1.65. The van der Waals surface area contributed by atoms with Crippen molar-refractivity contribution < 1.29 is 9.53 Å². The van der Waals surface area contributed by atoms with Crippen molar-refractivity contribution in [1.82, 2.24) is 10.2 Å². The Balaban J connectivity index is 2.14. The minimum Gasteiger partial charge on any atom is -0.444 e. The van der Waals surface area contributed by atoms with Crippen LogP contribution in [-0.4, -0.2) is 21.9 Å². The van der Waals surface area contributed by atoms with Crippen LogP contribution in [-0.2, 0) is 4.74 Å². The molecule has 1 N–H and O–H groups in total. The van der Waals surface area contributed by atoms with Crippen molar-refractivity contribution in [3.8, 4) is 11.3 Å². The summed E-state index contributed by atoms with van der Waals surface area (Å²) in [5, 5.41) is 10.8. The van der Waals surface area contributed by atoms with Crippen molar-refractivity contribution in [3.05, 3.63) is 41.6 Å². The van der Waals surface area contributed by atoms with Crippen LogP contribution >= 0.6 is 11.6 Å². The first-order valence-corrected chi connectivity index (χ1v) is 6.81. The molecule has 0 bridgehead atoms. The van der Waals surface area contributed by atoms with Crippen LogP contribution in [0.2, 0.25) is 5.15 Å². The van der Waals surface area contributed by atoms with Gasteiger partial charge >= 0.3 is 6.09 Å². The van der Waals surface area contributed by atoms with E-state index in [-0.39, 0.29) is 0 Å². The number of aromatic nitrogens is 2. The molecule has 0 saturated heterocycles. The number of nitrogens with one attached hydrogen (secondary N) is 1. The minimum atomic E-state index is -0.538. The molecule has 0 aliphatic rings. The number of nitrogens with zero attached hydrogens (tertiary/aromatic N) is 2. The zero-order valence-electron chi connectivity index (χ0n) is 12.1. The molecule has 0 spiro atoms. The zero-order chi connectivity index (χ0) is 15.5. The quantitative estimate of drug-likeness (QED) is 0.905. The number of carbonyl (C=O) groups excluding carboxylic acids is 1. The van der Waals surface area contributed by atoms with Crippen LogP contribution in [0.1, 0.15) is 20.8 Å². The normalized spacial score (nSPS) is 11.0. The molecule has 1 amide bonds. The Hall–Kier alpha value is -2.14. The maximum Gasteiger partial charge on any atom is 0.412 e. The Kier molecular flexibility index (Phi) is 4.43. The van der Waals surface area contributed by atoms with E-state index in [4.69, 9.17) is 16.3 Å². The molecule has 5 nitrogen and oxygen atoms in total. The summed E-state index contributed by atoms with van der Waals surface area (Å²) in [7, 11) is 0. The molecule has 110 valence electrons. The van der Waals surface area contributed by atoms with Crippen molar-refractivity contribution in [3.63, 3.8) is 0 Å². The second-order valence-electron chi connectivity index (χ2n) is 5.45. The predicted octanol–water partition coefficient (Wildman–Crippen LogP) is 4.14. The molecule has 0 fully saturated rings. The number of amides is 1. The van der Waals surface area contributed by atoms with E-state index in [9.17, 15) is 4.79 Å². The first-order chi connectivity index (χ1) is 9.83. The SMILES string of the molecule is CC(C)(C)OC(=O)Nc1cccc(-c2ccc(Cl)nn2)c1. The lowest BCUT2D eigenvalue weighted by atomic mass is 10.1. The molecule has 2 aromatic rings. The van der Waals surface area contributed by atoms with Crippen LogP contribution in [0, 0.1) is 0 Å². The third kappa shape index (κ3) is 4.72. The lowest BCUT2D eigenvalue weighted by molar-refractivity contribution is 0.0636. The van der Waals surface area contributed by atoms with Gasteiger partial charge in [0.1, 0.15) is 5.60 Å². The maximum atomic E-state index is 11.7. The summed E-state index contributed by atoms with van der Waals surface area (Å²) in [6, 6.07) is 10.7. The van der Waals surface area contributed by atoms with E-state index in [1.807, 2.05) is 32.9 Å². The van der Waals surface area contributed by atoms with Gasteiger partial charge in [-0.2, -0.15) is 0 Å². The van der Waals surface area contributed by atoms with Crippen LogP contribution in [0.25, 0.3) is 11.3 Å². The Bertz CT molecular complexity index is 636. The number of hydrogen-bond acceptors (Lipinski definition) is 4. The van der Waals surface area contributed by atoms with Crippen molar-refractivity contribution in [1.29, 1.82) is 0 Å². The van der Waals surface area contributed by atoms with Gasteiger partial charge in [-0.15, -0.1) is 10.2 Å². The highest BCUT2D eigenvalue weighted by Gasteiger charge is 2.16. The molecule has 0 aliphatic heterocycles. The van der Waals surface area contributed by atoms with Gasteiger partial charge < -0.3 is 4.74 Å². The average molecular weight is 306 g/mol. The second kappa shape index (κ2) is 6.10. The summed E-state index contributed by atoms with van der Waals surface area (Å²) in [5.41, 5.74) is 1.59. The fraction of sp³-hybridized carbons (Fsp3) is 0.267. The van der Waals surface area contributed by atoms with Gasteiger partial charge in [0.2, 0.25) is 0 Å². The van der Waals surface area contributed by atoms with Crippen LogP contribution in [0.15, 0.2) is 36.4 Å². The molecule has 0 aliphatic carbocycles. The third-order valence-electron chi connectivity index (χ3n) is 2.44. The lowest BCUT2D eigenvalue weighted by Gasteiger charge is -2.19. The smallest absolute Gasteiger partial charge is 0.412 e. The number of ether oxygens (including phenoxy) is 1. The van der Waals surface area contributed by atoms with E-state index >= 15 is 0 Å². The third-order valence-corrected chi connectivity index (χ3v) is 2.64. The molecule has 0 saturated carbocycles. The van der Waals surface area contributed by atoms with Crippen LogP contribution < -0.4 is 5.32 Å². The van der Waals surface area contributed by atoms with Crippen LogP contribution in [0.5, 0.6) is 0 Å². The topological polar surface area (TPSA) is 64.1 Å². The van der Waals surface area contributed by atoms with E-state index in [1.165, 1.54) is 0 Å². The van der Waals surface area contributed by atoms with E-state index in [1.54, 1.807) is 24.3 Å². The van der Waals surface area contributed by atoms with Crippen molar-refractivity contribution in [2.24, 2.45) is 0 Å². The summed E-state index contributed by atoms with van der Waals surface area (Å²) in [5.74, 6) is 0. The molecule has 2 rings (SSSR count). The zero-order valence-corrected chi connectivity index (χ0v) is 12.8. The van der Waals surface area contributed by atoms with Gasteiger partial charge in [0, 0.05) is 11.3 Å². The fourth-order valence-corrected chi connectivity index (χ4v) is 1.75. The summed E-state index contributed by atoms with van der Waals surface area (Å²) < 4.78 is 5.21. The first-order valence-electron chi connectivity index (χ1n) is 6.43. The number of rotatable bonds is 2. The molecule has 1 aromatic heterocycles. The van der Waals surface area contributed by atoms with E-state index < -0.39 is 11.7 Å². The van der Waals surface area contributed by atoms with Gasteiger partial charge in [0.15, 0.2) is 5.15 Å². The molecule has 21 heavy (non-hydrogen) atoms. The van der Waals surface area contributed by atoms with E-state index in [0.29, 0.717) is 16.5 Å². The molecule has 6 heteroatoms. The van der Waals surface area contributed by atoms with Gasteiger partial charge in [-0.1, -0.05) is 23.7 Å². The lowest BCUT2D eigenvalue weighted by Crippen LogP contribution is -2.27. The molecule has 1 heterocycles. The Morgan fingerprint density at radius 2 is 1.95 bits per heavy atom. The van der Waals surface area contributed by atoms with E-state index in [0.717, 1.165) is 5.56 Å². The van der Waals surface area contributed by atoms with E-state index in [2.05, 4.69) is 15.5 Å². The summed E-state index contributed by atoms with van der Waals surface area (Å²) in [6.45, 7) is 5.44. The molecular weight excluding hydrogens is 290 g/mol. The first kappa shape index (κ1) is 15.3. The molecule has 0 radical (unpaired) electrons. The number of halogens is 1. The summed E-state index contributed by atoms with van der Waals surface area (Å²) in [6.07, 6.45) is -0.498. The Morgan fingerprint density at radius 3 is 2.57 bits per heavy atom. The maximum absolute atomic E-state index is 11.7. The standard InChI is InChI=1S/C15H16ClN3O2/c1-15(2,3)21-14(20)17-11-6-4-5-10(9-11)12-7-8-13(16)19-18-12/h4-9H,1-3H3,(H,17,20). The van der Waals surface area contributed by atoms with Crippen molar-refractivity contribution >= 4 is 23.4 Å². The Labute approximate surface area is 128 Å². The largest absolute Gasteiger partial charge is 0.444 e. The Morgan fingerprint density at radius 1 is 1.19 bits per heavy atom. The molecular formula is C15H16ClN3O2. The van der Waals surface area contributed by atoms with Crippen molar-refractivity contribution in [2.45, 2.75) is 26.4 Å². The van der Waals surface area contributed by atoms with Gasteiger partial charge in [-0.25, -0.2) is 4.79 Å². The number of benzene rings is 1. The van der Waals surface area contributed by atoms with Crippen LogP contribution in [0.4, 0.5) is 10.5 Å². The van der Waals surface area contributed by atoms with Gasteiger partial charge in [-0.05, 0) is 45.0 Å². The average Bonchev–Trinajstić information content (AvgIpc) is 2.37. The van der Waals surface area contributed by atoms with Gasteiger partial charge in [0.05, 0.1) is 5.69 Å². The highest BCUT2D eigenvalue weighted by molar-refractivity contribution is 6.29. The number of hydrogen-bond donors (Lipinski definition) is 1. The number of carbonyl (C=O) groups is 1. The highest BCUT2D eigenvalue weighted by Crippen LogP contribution is 2.21. The molecule has 0 atom stereocenters. The monoisotopic (exact) mass is 305 g/mol. The second-order valence-corrected chi connectivity index (χ2v) is 5.84. The van der Waals surface area contributed by atoms with Crippen LogP contribution in [0.3, 0.4) is 0 Å². The molecule has 0 unspecified atom stereocenters. The van der Waals surface area contributed by atoms with Gasteiger partial charge in [-0.3, -0.25) is 5.32 Å². The predicted molar refractivity (Wildman–Crippen MR) is 82.3 cm³/mol. The summed E-state index contributed by atoms with van der Waals surface area (Å²) in [4.78, 5) is 11.7. The molecule has 1 aromatic carbocycles. The minimum absolute atomic E-state index is 0.335. The number of anilines is 1.